The lowest BCUT2D eigenvalue weighted by atomic mass is 9.98. The van der Waals surface area contributed by atoms with Crippen LogP contribution in [0.15, 0.2) is 23.1 Å². The van der Waals surface area contributed by atoms with E-state index in [9.17, 15) is 9.59 Å². The number of rotatable bonds is 5. The Morgan fingerprint density at radius 1 is 1.46 bits per heavy atom. The van der Waals surface area contributed by atoms with Crippen LogP contribution < -0.4 is 11.1 Å². The molecule has 2 unspecified atom stereocenters. The van der Waals surface area contributed by atoms with Gasteiger partial charge in [-0.05, 0) is 49.9 Å². The minimum absolute atomic E-state index is 0.161. The zero-order chi connectivity index (χ0) is 17.7. The summed E-state index contributed by atoms with van der Waals surface area (Å²) in [4.78, 5) is 26.7. The summed E-state index contributed by atoms with van der Waals surface area (Å²) in [5.74, 6) is -0.560. The van der Waals surface area contributed by atoms with Gasteiger partial charge >= 0.3 is 6.03 Å². The highest BCUT2D eigenvalue weighted by Crippen LogP contribution is 2.28. The van der Waals surface area contributed by atoms with Crippen molar-refractivity contribution in [2.45, 2.75) is 50.2 Å². The van der Waals surface area contributed by atoms with Gasteiger partial charge in [-0.25, -0.2) is 4.79 Å². The van der Waals surface area contributed by atoms with Gasteiger partial charge in [0.1, 0.15) is 0 Å². The van der Waals surface area contributed by atoms with E-state index in [1.165, 1.54) is 4.90 Å². The van der Waals surface area contributed by atoms with E-state index in [1.807, 2.05) is 30.8 Å². The Morgan fingerprint density at radius 3 is 2.83 bits per heavy atom. The molecule has 1 saturated heterocycles. The van der Waals surface area contributed by atoms with Crippen molar-refractivity contribution >= 4 is 29.4 Å². The average molecular weight is 350 g/mol. The maximum atomic E-state index is 12.5. The van der Waals surface area contributed by atoms with Crippen LogP contribution in [0.4, 0.5) is 10.5 Å². The molecular formula is C18H27N3O2S. The predicted octanol–water partition coefficient (Wildman–Crippen LogP) is 3.61. The molecule has 5 nitrogen and oxygen atoms in total. The van der Waals surface area contributed by atoms with Gasteiger partial charge in [0.25, 0.3) is 0 Å². The van der Waals surface area contributed by atoms with Gasteiger partial charge < -0.3 is 16.0 Å². The molecule has 1 heterocycles. The fraction of sp³-hybridized carbons (Fsp3) is 0.556. The Kier molecular flexibility index (Phi) is 6.54. The van der Waals surface area contributed by atoms with Crippen LogP contribution in [0, 0.1) is 12.8 Å². The highest BCUT2D eigenvalue weighted by Gasteiger charge is 2.27. The quantitative estimate of drug-likeness (QED) is 0.797. The van der Waals surface area contributed by atoms with Gasteiger partial charge in [-0.1, -0.05) is 13.8 Å². The van der Waals surface area contributed by atoms with Crippen LogP contribution in [0.25, 0.3) is 0 Å². The van der Waals surface area contributed by atoms with E-state index in [4.69, 9.17) is 5.73 Å². The van der Waals surface area contributed by atoms with Gasteiger partial charge in [-0.2, -0.15) is 0 Å². The lowest BCUT2D eigenvalue weighted by Gasteiger charge is -2.31. The number of hydrogen-bond acceptors (Lipinski definition) is 3. The molecule has 1 aliphatic rings. The second kappa shape index (κ2) is 8.42. The smallest absolute Gasteiger partial charge is 0.321 e. The van der Waals surface area contributed by atoms with Gasteiger partial charge in [0.05, 0.1) is 5.92 Å². The highest BCUT2D eigenvalue weighted by molar-refractivity contribution is 7.99. The molecule has 1 aromatic carbocycles. The van der Waals surface area contributed by atoms with E-state index in [1.54, 1.807) is 4.90 Å². The van der Waals surface area contributed by atoms with Gasteiger partial charge in [0, 0.05) is 28.9 Å². The molecule has 0 spiro atoms. The third kappa shape index (κ3) is 4.90. The molecule has 0 bridgehead atoms. The van der Waals surface area contributed by atoms with Crippen molar-refractivity contribution in [2.75, 3.05) is 18.4 Å². The number of nitrogens with one attached hydrogen (secondary N) is 1. The molecule has 24 heavy (non-hydrogen) atoms. The largest absolute Gasteiger partial charge is 0.369 e. The Bertz CT molecular complexity index is 606. The number of anilines is 1. The number of likely N-dealkylation sites (tertiary alicyclic amines) is 1. The molecule has 0 aliphatic carbocycles. The van der Waals surface area contributed by atoms with Crippen LogP contribution in [0.2, 0.25) is 0 Å². The number of thioether (sulfide) groups is 1. The molecule has 0 radical (unpaired) electrons. The lowest BCUT2D eigenvalue weighted by Crippen LogP contribution is -2.45. The first-order chi connectivity index (χ1) is 11.4. The van der Waals surface area contributed by atoms with E-state index in [0.29, 0.717) is 18.3 Å². The summed E-state index contributed by atoms with van der Waals surface area (Å²) in [7, 11) is 0. The molecule has 6 heteroatoms. The van der Waals surface area contributed by atoms with E-state index in [2.05, 4.69) is 25.2 Å². The van der Waals surface area contributed by atoms with Gasteiger partial charge in [0.15, 0.2) is 0 Å². The first kappa shape index (κ1) is 18.6. The van der Waals surface area contributed by atoms with Gasteiger partial charge in [-0.3, -0.25) is 4.79 Å². The molecule has 0 aromatic heterocycles. The Morgan fingerprint density at radius 2 is 2.21 bits per heavy atom. The fourth-order valence-electron chi connectivity index (χ4n) is 2.75. The van der Waals surface area contributed by atoms with E-state index >= 15 is 0 Å². The minimum Gasteiger partial charge on any atom is -0.369 e. The third-order valence-electron chi connectivity index (χ3n) is 4.46. The molecule has 1 aliphatic heterocycles. The maximum absolute atomic E-state index is 12.5. The van der Waals surface area contributed by atoms with Crippen molar-refractivity contribution in [3.8, 4) is 0 Å². The van der Waals surface area contributed by atoms with Crippen LogP contribution in [0.5, 0.6) is 0 Å². The second-order valence-electron chi connectivity index (χ2n) is 6.43. The molecular weight excluding hydrogens is 322 g/mol. The number of nitrogens with two attached hydrogens (primary N) is 1. The summed E-state index contributed by atoms with van der Waals surface area (Å²) in [5.41, 5.74) is 7.23. The summed E-state index contributed by atoms with van der Waals surface area (Å²) in [5, 5.41) is 3.53. The number of amides is 3. The standard InChI is InChI=1S/C18H27N3O2S/c1-4-13(3)24-15-7-8-16(12(2)10-15)20-18(23)21-9-5-6-14(11-21)17(19)22/h7-8,10,13-14H,4-6,9,11H2,1-3H3,(H2,19,22)(H,20,23). The SMILES string of the molecule is CCC(C)Sc1ccc(NC(=O)N2CCCC(C(N)=O)C2)c(C)c1. The fourth-order valence-corrected chi connectivity index (χ4v) is 3.78. The second-order valence-corrected chi connectivity index (χ2v) is 7.94. The van der Waals surface area contributed by atoms with Crippen molar-refractivity contribution in [2.24, 2.45) is 11.7 Å². The van der Waals surface area contributed by atoms with Gasteiger partial charge in [-0.15, -0.1) is 11.8 Å². The van der Waals surface area contributed by atoms with Crippen molar-refractivity contribution < 1.29 is 9.59 Å². The first-order valence-electron chi connectivity index (χ1n) is 8.53. The monoisotopic (exact) mass is 349 g/mol. The molecule has 2 rings (SSSR count). The van der Waals surface area contributed by atoms with Crippen molar-refractivity contribution in [1.82, 2.24) is 4.90 Å². The number of hydrogen-bond donors (Lipinski definition) is 2. The number of piperidine rings is 1. The Balaban J connectivity index is 1.99. The molecule has 132 valence electrons. The number of nitrogens with zero attached hydrogens (tertiary/aromatic N) is 1. The average Bonchev–Trinajstić information content (AvgIpc) is 2.57. The van der Waals surface area contributed by atoms with E-state index in [-0.39, 0.29) is 17.9 Å². The first-order valence-corrected chi connectivity index (χ1v) is 9.41. The topological polar surface area (TPSA) is 75.4 Å². The van der Waals surface area contributed by atoms with Crippen LogP contribution in [0.3, 0.4) is 0 Å². The lowest BCUT2D eigenvalue weighted by molar-refractivity contribution is -0.123. The van der Waals surface area contributed by atoms with Crippen molar-refractivity contribution in [3.63, 3.8) is 0 Å². The molecule has 3 amide bonds. The van der Waals surface area contributed by atoms with Crippen molar-refractivity contribution in [1.29, 1.82) is 0 Å². The molecule has 1 fully saturated rings. The van der Waals surface area contributed by atoms with E-state index < -0.39 is 0 Å². The van der Waals surface area contributed by atoms with Crippen LogP contribution in [0.1, 0.15) is 38.7 Å². The number of carbonyl (C=O) groups is 2. The summed E-state index contributed by atoms with van der Waals surface area (Å²) >= 11 is 1.84. The Labute approximate surface area is 148 Å². The number of primary amides is 1. The molecule has 1 aromatic rings. The van der Waals surface area contributed by atoms with Crippen LogP contribution in [-0.2, 0) is 4.79 Å². The predicted molar refractivity (Wildman–Crippen MR) is 99.3 cm³/mol. The zero-order valence-corrected chi connectivity index (χ0v) is 15.5. The number of urea groups is 1. The molecule has 0 saturated carbocycles. The van der Waals surface area contributed by atoms with Crippen molar-refractivity contribution in [3.05, 3.63) is 23.8 Å². The van der Waals surface area contributed by atoms with Crippen LogP contribution in [-0.4, -0.2) is 35.2 Å². The van der Waals surface area contributed by atoms with E-state index in [0.717, 1.165) is 30.5 Å². The minimum atomic E-state index is -0.324. The molecule has 3 N–H and O–H groups in total. The normalized spacial score (nSPS) is 19.0. The summed E-state index contributed by atoms with van der Waals surface area (Å²) in [6.45, 7) is 7.45. The zero-order valence-electron chi connectivity index (χ0n) is 14.7. The number of carbonyl (C=O) groups excluding carboxylic acids is 2. The van der Waals surface area contributed by atoms with Crippen LogP contribution >= 0.6 is 11.8 Å². The van der Waals surface area contributed by atoms with Gasteiger partial charge in [0.2, 0.25) is 5.91 Å². The highest BCUT2D eigenvalue weighted by atomic mass is 32.2. The summed E-state index contributed by atoms with van der Waals surface area (Å²) in [6, 6.07) is 5.94. The number of benzene rings is 1. The third-order valence-corrected chi connectivity index (χ3v) is 5.72. The maximum Gasteiger partial charge on any atom is 0.321 e. The summed E-state index contributed by atoms with van der Waals surface area (Å²) in [6.07, 6.45) is 2.70. The molecule has 2 atom stereocenters. The number of aryl methyl sites for hydroxylation is 1. The Hall–Kier alpha value is -1.69. The summed E-state index contributed by atoms with van der Waals surface area (Å²) < 4.78 is 0.